The highest BCUT2D eigenvalue weighted by molar-refractivity contribution is 14.1. The van der Waals surface area contributed by atoms with Crippen molar-refractivity contribution in [3.63, 3.8) is 0 Å². The van der Waals surface area contributed by atoms with E-state index in [1.807, 2.05) is 67.6 Å². The molecule has 3 rings (SSSR count). The number of carbonyl (C=O) groups is 1. The van der Waals surface area contributed by atoms with Crippen LogP contribution in [0.3, 0.4) is 0 Å². The quantitative estimate of drug-likeness (QED) is 0.439. The lowest BCUT2D eigenvalue weighted by Crippen LogP contribution is -2.08. The number of hydrogen-bond donors (Lipinski definition) is 1. The lowest BCUT2D eigenvalue weighted by molar-refractivity contribution is -0.111. The molecule has 1 heterocycles. The van der Waals surface area contributed by atoms with E-state index in [0.717, 1.165) is 26.1 Å². The van der Waals surface area contributed by atoms with Gasteiger partial charge in [0.25, 0.3) is 0 Å². The highest BCUT2D eigenvalue weighted by Gasteiger charge is 2.04. The number of rotatable bonds is 4. The molecule has 1 amide bonds. The molecule has 120 valence electrons. The van der Waals surface area contributed by atoms with Gasteiger partial charge >= 0.3 is 0 Å². The van der Waals surface area contributed by atoms with Crippen LogP contribution in [0.2, 0.25) is 0 Å². The third-order valence-electron chi connectivity index (χ3n) is 3.53. The van der Waals surface area contributed by atoms with Gasteiger partial charge < -0.3 is 9.73 Å². The Morgan fingerprint density at radius 3 is 2.62 bits per heavy atom. The molecule has 24 heavy (non-hydrogen) atoms. The second-order valence-electron chi connectivity index (χ2n) is 5.35. The topological polar surface area (TPSA) is 42.2 Å². The number of halogens is 1. The molecule has 0 spiro atoms. The molecular formula is C20H16INO2. The van der Waals surface area contributed by atoms with Gasteiger partial charge in [-0.15, -0.1) is 0 Å². The number of furan rings is 1. The van der Waals surface area contributed by atoms with Crippen molar-refractivity contribution in [2.45, 2.75) is 6.92 Å². The highest BCUT2D eigenvalue weighted by atomic mass is 127. The molecule has 0 aliphatic rings. The zero-order valence-electron chi connectivity index (χ0n) is 13.1. The maximum absolute atomic E-state index is 12.1. The van der Waals surface area contributed by atoms with Gasteiger partial charge in [0.05, 0.1) is 0 Å². The van der Waals surface area contributed by atoms with E-state index in [1.165, 1.54) is 6.08 Å². The summed E-state index contributed by atoms with van der Waals surface area (Å²) in [6.07, 6.45) is 3.15. The summed E-state index contributed by atoms with van der Waals surface area (Å²) in [6, 6.07) is 19.5. The molecule has 4 heteroatoms. The van der Waals surface area contributed by atoms with Crippen molar-refractivity contribution in [2.75, 3.05) is 5.32 Å². The maximum atomic E-state index is 12.1. The van der Waals surface area contributed by atoms with Gasteiger partial charge in [0.2, 0.25) is 5.91 Å². The fraction of sp³-hybridized carbons (Fsp3) is 0.0500. The van der Waals surface area contributed by atoms with Gasteiger partial charge in [0.1, 0.15) is 11.5 Å². The number of nitrogens with one attached hydrogen (secondary N) is 1. The Kier molecular flexibility index (Phi) is 5.15. The van der Waals surface area contributed by atoms with Crippen LogP contribution in [0, 0.1) is 10.5 Å². The van der Waals surface area contributed by atoms with Crippen molar-refractivity contribution in [3.05, 3.63) is 81.6 Å². The highest BCUT2D eigenvalue weighted by Crippen LogP contribution is 2.22. The number of anilines is 1. The van der Waals surface area contributed by atoms with E-state index in [0.29, 0.717) is 5.76 Å². The third-order valence-corrected chi connectivity index (χ3v) is 4.20. The van der Waals surface area contributed by atoms with Crippen LogP contribution in [-0.2, 0) is 4.79 Å². The van der Waals surface area contributed by atoms with Crippen molar-refractivity contribution >= 4 is 40.3 Å². The second kappa shape index (κ2) is 7.49. The molecule has 0 aliphatic carbocycles. The third kappa shape index (κ3) is 4.14. The number of aryl methyl sites for hydroxylation is 1. The van der Waals surface area contributed by atoms with Gasteiger partial charge in [-0.2, -0.15) is 0 Å². The number of hydrogen-bond acceptors (Lipinski definition) is 2. The van der Waals surface area contributed by atoms with Crippen molar-refractivity contribution in [1.82, 2.24) is 0 Å². The van der Waals surface area contributed by atoms with Crippen LogP contribution in [0.1, 0.15) is 11.3 Å². The Bertz CT molecular complexity index is 882. The number of carbonyl (C=O) groups excluding carboxylic acids is 1. The molecule has 3 nitrogen and oxygen atoms in total. The minimum absolute atomic E-state index is 0.183. The monoisotopic (exact) mass is 429 g/mol. The fourth-order valence-corrected chi connectivity index (χ4v) is 2.95. The summed E-state index contributed by atoms with van der Waals surface area (Å²) >= 11 is 2.25. The van der Waals surface area contributed by atoms with Gasteiger partial charge in [-0.25, -0.2) is 0 Å². The van der Waals surface area contributed by atoms with Gasteiger partial charge in [-0.05, 0) is 71.5 Å². The second-order valence-corrected chi connectivity index (χ2v) is 6.60. The minimum Gasteiger partial charge on any atom is -0.457 e. The summed E-state index contributed by atoms with van der Waals surface area (Å²) in [4.78, 5) is 12.1. The summed E-state index contributed by atoms with van der Waals surface area (Å²) in [5.74, 6) is 1.24. The van der Waals surface area contributed by atoms with Gasteiger partial charge in [-0.1, -0.05) is 30.3 Å². The van der Waals surface area contributed by atoms with E-state index < -0.39 is 0 Å². The van der Waals surface area contributed by atoms with E-state index in [4.69, 9.17) is 4.42 Å². The van der Waals surface area contributed by atoms with Crippen molar-refractivity contribution < 1.29 is 9.21 Å². The predicted octanol–water partition coefficient (Wildman–Crippen LogP) is 5.51. The van der Waals surface area contributed by atoms with Crippen LogP contribution >= 0.6 is 22.6 Å². The lowest BCUT2D eigenvalue weighted by atomic mass is 10.2. The summed E-state index contributed by atoms with van der Waals surface area (Å²) in [6.45, 7) is 1.97. The zero-order valence-corrected chi connectivity index (χ0v) is 15.3. The van der Waals surface area contributed by atoms with E-state index in [2.05, 4.69) is 27.9 Å². The average molecular weight is 429 g/mol. The Hall–Kier alpha value is -2.34. The van der Waals surface area contributed by atoms with Gasteiger partial charge in [-0.3, -0.25) is 4.79 Å². The molecule has 0 saturated heterocycles. The standard InChI is InChI=1S/C20H16INO2/c1-14-13-16(21)7-10-18(14)22-20(23)12-9-17-8-11-19(24-17)15-5-3-2-4-6-15/h2-13H,1H3,(H,22,23)/b12-9+. The Morgan fingerprint density at radius 2 is 1.88 bits per heavy atom. The van der Waals surface area contributed by atoms with E-state index in [1.54, 1.807) is 6.08 Å². The molecular weight excluding hydrogens is 413 g/mol. The molecule has 0 saturated carbocycles. The first-order valence-corrected chi connectivity index (χ1v) is 8.60. The zero-order chi connectivity index (χ0) is 16.9. The van der Waals surface area contributed by atoms with E-state index >= 15 is 0 Å². The van der Waals surface area contributed by atoms with Crippen LogP contribution in [-0.4, -0.2) is 5.91 Å². The van der Waals surface area contributed by atoms with Crippen molar-refractivity contribution in [1.29, 1.82) is 0 Å². The largest absolute Gasteiger partial charge is 0.457 e. The molecule has 0 fully saturated rings. The SMILES string of the molecule is Cc1cc(I)ccc1NC(=O)/C=C/c1ccc(-c2ccccc2)o1. The smallest absolute Gasteiger partial charge is 0.248 e. The average Bonchev–Trinajstić information content (AvgIpc) is 3.05. The van der Waals surface area contributed by atoms with Gasteiger partial charge in [0.15, 0.2) is 0 Å². The molecule has 0 unspecified atom stereocenters. The van der Waals surface area contributed by atoms with E-state index in [-0.39, 0.29) is 5.91 Å². The summed E-state index contributed by atoms with van der Waals surface area (Å²) in [5, 5.41) is 2.88. The van der Waals surface area contributed by atoms with Crippen LogP contribution in [0.15, 0.2) is 71.2 Å². The molecule has 1 N–H and O–H groups in total. The Balaban J connectivity index is 1.67. The van der Waals surface area contributed by atoms with Crippen LogP contribution in [0.25, 0.3) is 17.4 Å². The fourth-order valence-electron chi connectivity index (χ4n) is 2.30. The lowest BCUT2D eigenvalue weighted by Gasteiger charge is -2.06. The number of benzene rings is 2. The van der Waals surface area contributed by atoms with E-state index in [9.17, 15) is 4.79 Å². The van der Waals surface area contributed by atoms with Crippen molar-refractivity contribution in [2.24, 2.45) is 0 Å². The first kappa shape index (κ1) is 16.5. The Labute approximate surface area is 154 Å². The minimum atomic E-state index is -0.183. The normalized spacial score (nSPS) is 10.9. The molecule has 0 radical (unpaired) electrons. The van der Waals surface area contributed by atoms with Crippen LogP contribution in [0.5, 0.6) is 0 Å². The summed E-state index contributed by atoms with van der Waals surface area (Å²) in [7, 11) is 0. The van der Waals surface area contributed by atoms with Crippen molar-refractivity contribution in [3.8, 4) is 11.3 Å². The predicted molar refractivity (Wildman–Crippen MR) is 106 cm³/mol. The molecule has 0 atom stereocenters. The molecule has 1 aromatic heterocycles. The first-order valence-electron chi connectivity index (χ1n) is 7.52. The van der Waals surface area contributed by atoms with Crippen LogP contribution in [0.4, 0.5) is 5.69 Å². The molecule has 3 aromatic rings. The Morgan fingerprint density at radius 1 is 1.08 bits per heavy atom. The molecule has 2 aromatic carbocycles. The molecule has 0 aliphatic heterocycles. The maximum Gasteiger partial charge on any atom is 0.248 e. The molecule has 0 bridgehead atoms. The van der Waals surface area contributed by atoms with Crippen LogP contribution < -0.4 is 5.32 Å². The van der Waals surface area contributed by atoms with Gasteiger partial charge in [0, 0.05) is 20.9 Å². The first-order chi connectivity index (χ1) is 11.6. The summed E-state index contributed by atoms with van der Waals surface area (Å²) < 4.78 is 6.88. The summed E-state index contributed by atoms with van der Waals surface area (Å²) in [5.41, 5.74) is 2.86. The number of amides is 1.